The van der Waals surface area contributed by atoms with Crippen molar-refractivity contribution < 1.29 is 0 Å². The highest BCUT2D eigenvalue weighted by molar-refractivity contribution is 5.10. The maximum absolute atomic E-state index is 6.13. The molecule has 1 rings (SSSR count). The zero-order valence-corrected chi connectivity index (χ0v) is 11.4. The van der Waals surface area contributed by atoms with Gasteiger partial charge in [0.05, 0.1) is 17.6 Å². The molecule has 0 radical (unpaired) electrons. The van der Waals surface area contributed by atoms with E-state index in [4.69, 9.17) is 5.73 Å². The Kier molecular flexibility index (Phi) is 3.48. The maximum atomic E-state index is 6.13. The number of hydrogen-bond acceptors (Lipinski definition) is 2. The van der Waals surface area contributed by atoms with Crippen molar-refractivity contribution in [3.63, 3.8) is 0 Å². The van der Waals surface area contributed by atoms with E-state index in [0.717, 1.165) is 12.2 Å². The Morgan fingerprint density at radius 1 is 1.31 bits per heavy atom. The average molecular weight is 223 g/mol. The number of aromatic nitrogens is 2. The molecule has 0 aliphatic rings. The van der Waals surface area contributed by atoms with Crippen molar-refractivity contribution >= 4 is 0 Å². The zero-order chi connectivity index (χ0) is 12.6. The Labute approximate surface area is 99.1 Å². The topological polar surface area (TPSA) is 43.8 Å². The third kappa shape index (κ3) is 3.08. The molecule has 1 heterocycles. The van der Waals surface area contributed by atoms with E-state index >= 15 is 0 Å². The van der Waals surface area contributed by atoms with Crippen molar-refractivity contribution in [1.82, 2.24) is 9.55 Å². The molecule has 0 saturated heterocycles. The first-order valence-corrected chi connectivity index (χ1v) is 5.92. The lowest BCUT2D eigenvalue weighted by Crippen LogP contribution is -2.33. The first-order valence-electron chi connectivity index (χ1n) is 5.92. The quantitative estimate of drug-likeness (QED) is 0.856. The predicted octanol–water partition coefficient (Wildman–Crippen LogP) is 2.76. The van der Waals surface area contributed by atoms with Gasteiger partial charge in [0, 0.05) is 12.7 Å². The molecular weight excluding hydrogens is 198 g/mol. The number of imidazole rings is 1. The SMILES string of the molecule is CC(Cn1cncc1C(C)(C)N)C(C)(C)C. The fourth-order valence-electron chi connectivity index (χ4n) is 1.57. The van der Waals surface area contributed by atoms with E-state index in [2.05, 4.69) is 37.2 Å². The summed E-state index contributed by atoms with van der Waals surface area (Å²) in [5.41, 5.74) is 7.21. The van der Waals surface area contributed by atoms with E-state index in [1.807, 2.05) is 26.4 Å². The fraction of sp³-hybridized carbons (Fsp3) is 0.769. The van der Waals surface area contributed by atoms with E-state index in [1.54, 1.807) is 0 Å². The van der Waals surface area contributed by atoms with Crippen molar-refractivity contribution in [3.8, 4) is 0 Å². The Morgan fingerprint density at radius 2 is 1.88 bits per heavy atom. The molecule has 0 amide bonds. The summed E-state index contributed by atoms with van der Waals surface area (Å²) in [7, 11) is 0. The highest BCUT2D eigenvalue weighted by Gasteiger charge is 2.24. The molecule has 0 fully saturated rings. The molecule has 0 spiro atoms. The third-order valence-corrected chi connectivity index (χ3v) is 3.32. The van der Waals surface area contributed by atoms with Gasteiger partial charge in [0.25, 0.3) is 0 Å². The Bertz CT molecular complexity index is 339. The van der Waals surface area contributed by atoms with Gasteiger partial charge in [-0.15, -0.1) is 0 Å². The van der Waals surface area contributed by atoms with Crippen LogP contribution < -0.4 is 5.73 Å². The lowest BCUT2D eigenvalue weighted by Gasteiger charge is -2.29. The van der Waals surface area contributed by atoms with E-state index in [9.17, 15) is 0 Å². The van der Waals surface area contributed by atoms with Crippen LogP contribution in [0.25, 0.3) is 0 Å². The Balaban J connectivity index is 2.87. The van der Waals surface area contributed by atoms with Crippen LogP contribution >= 0.6 is 0 Å². The molecule has 0 aliphatic heterocycles. The molecule has 0 bridgehead atoms. The van der Waals surface area contributed by atoms with Crippen LogP contribution in [0.1, 0.15) is 47.2 Å². The normalized spacial score (nSPS) is 15.2. The van der Waals surface area contributed by atoms with Crippen LogP contribution in [0, 0.1) is 11.3 Å². The highest BCUT2D eigenvalue weighted by atomic mass is 15.1. The van der Waals surface area contributed by atoms with E-state index < -0.39 is 0 Å². The Morgan fingerprint density at radius 3 is 2.31 bits per heavy atom. The molecule has 1 atom stereocenters. The van der Waals surface area contributed by atoms with Gasteiger partial charge in [0.1, 0.15) is 0 Å². The minimum Gasteiger partial charge on any atom is -0.333 e. The molecule has 2 N–H and O–H groups in total. The summed E-state index contributed by atoms with van der Waals surface area (Å²) in [6.07, 6.45) is 3.75. The van der Waals surface area contributed by atoms with Crippen molar-refractivity contribution in [2.24, 2.45) is 17.1 Å². The molecule has 1 aromatic rings. The summed E-state index contributed by atoms with van der Waals surface area (Å²) in [6, 6.07) is 0. The molecule has 0 aromatic carbocycles. The van der Waals surface area contributed by atoms with Crippen LogP contribution in [0.2, 0.25) is 0 Å². The highest BCUT2D eigenvalue weighted by Crippen LogP contribution is 2.28. The smallest absolute Gasteiger partial charge is 0.0948 e. The minimum absolute atomic E-state index is 0.306. The molecule has 3 nitrogen and oxygen atoms in total. The monoisotopic (exact) mass is 223 g/mol. The zero-order valence-electron chi connectivity index (χ0n) is 11.4. The predicted molar refractivity (Wildman–Crippen MR) is 68.1 cm³/mol. The van der Waals surface area contributed by atoms with Gasteiger partial charge < -0.3 is 10.3 Å². The van der Waals surface area contributed by atoms with Gasteiger partial charge in [0.15, 0.2) is 0 Å². The van der Waals surface area contributed by atoms with Crippen LogP contribution in [-0.4, -0.2) is 9.55 Å². The lowest BCUT2D eigenvalue weighted by molar-refractivity contribution is 0.228. The summed E-state index contributed by atoms with van der Waals surface area (Å²) < 4.78 is 2.18. The molecular formula is C13H25N3. The molecule has 0 saturated carbocycles. The fourth-order valence-corrected chi connectivity index (χ4v) is 1.57. The standard InChI is InChI=1S/C13H25N3/c1-10(12(2,3)4)8-16-9-15-7-11(16)13(5,6)14/h7,9-10H,8,14H2,1-6H3. The second-order valence-corrected chi connectivity index (χ2v) is 6.42. The van der Waals surface area contributed by atoms with E-state index in [0.29, 0.717) is 11.3 Å². The largest absolute Gasteiger partial charge is 0.333 e. The summed E-state index contributed by atoms with van der Waals surface area (Å²) in [6.45, 7) is 14.1. The summed E-state index contributed by atoms with van der Waals surface area (Å²) in [4.78, 5) is 4.21. The van der Waals surface area contributed by atoms with Crippen LogP contribution in [0.5, 0.6) is 0 Å². The number of nitrogens with two attached hydrogens (primary N) is 1. The molecule has 1 unspecified atom stereocenters. The minimum atomic E-state index is -0.325. The molecule has 92 valence electrons. The second kappa shape index (κ2) is 4.21. The van der Waals surface area contributed by atoms with Gasteiger partial charge in [-0.3, -0.25) is 0 Å². The first-order chi connectivity index (χ1) is 7.12. The lowest BCUT2D eigenvalue weighted by atomic mass is 9.82. The summed E-state index contributed by atoms with van der Waals surface area (Å²) in [5.74, 6) is 0.586. The van der Waals surface area contributed by atoms with Crippen molar-refractivity contribution in [1.29, 1.82) is 0 Å². The average Bonchev–Trinajstić information content (AvgIpc) is 2.49. The van der Waals surface area contributed by atoms with Crippen molar-refractivity contribution in [2.45, 2.75) is 53.6 Å². The summed E-state index contributed by atoms with van der Waals surface area (Å²) in [5, 5.41) is 0. The van der Waals surface area contributed by atoms with Crippen molar-refractivity contribution in [3.05, 3.63) is 18.2 Å². The van der Waals surface area contributed by atoms with E-state index in [1.165, 1.54) is 0 Å². The van der Waals surface area contributed by atoms with Gasteiger partial charge >= 0.3 is 0 Å². The number of rotatable bonds is 3. The molecule has 16 heavy (non-hydrogen) atoms. The van der Waals surface area contributed by atoms with Gasteiger partial charge in [-0.05, 0) is 25.2 Å². The van der Waals surface area contributed by atoms with Crippen LogP contribution in [0.4, 0.5) is 0 Å². The molecule has 1 aromatic heterocycles. The van der Waals surface area contributed by atoms with Gasteiger partial charge in [-0.25, -0.2) is 4.98 Å². The Hall–Kier alpha value is -0.830. The van der Waals surface area contributed by atoms with Gasteiger partial charge in [-0.1, -0.05) is 27.7 Å². The molecule has 3 heteroatoms. The maximum Gasteiger partial charge on any atom is 0.0948 e. The van der Waals surface area contributed by atoms with Crippen LogP contribution in [0.15, 0.2) is 12.5 Å². The van der Waals surface area contributed by atoms with Crippen molar-refractivity contribution in [2.75, 3.05) is 0 Å². The molecule has 0 aliphatic carbocycles. The van der Waals surface area contributed by atoms with E-state index in [-0.39, 0.29) is 5.54 Å². The van der Waals surface area contributed by atoms with Crippen LogP contribution in [-0.2, 0) is 12.1 Å². The number of hydrogen-bond donors (Lipinski definition) is 1. The first kappa shape index (κ1) is 13.2. The number of nitrogens with zero attached hydrogens (tertiary/aromatic N) is 2. The second-order valence-electron chi connectivity index (χ2n) is 6.42. The van der Waals surface area contributed by atoms with Gasteiger partial charge in [-0.2, -0.15) is 0 Å². The van der Waals surface area contributed by atoms with Crippen LogP contribution in [0.3, 0.4) is 0 Å². The van der Waals surface area contributed by atoms with Gasteiger partial charge in [0.2, 0.25) is 0 Å². The third-order valence-electron chi connectivity index (χ3n) is 3.32. The summed E-state index contributed by atoms with van der Waals surface area (Å²) >= 11 is 0.